The van der Waals surface area contributed by atoms with Crippen LogP contribution in [0.4, 0.5) is 5.95 Å². The Morgan fingerprint density at radius 1 is 0.943 bits per heavy atom. The summed E-state index contributed by atoms with van der Waals surface area (Å²) in [5, 5.41) is 0. The van der Waals surface area contributed by atoms with Gasteiger partial charge in [0.1, 0.15) is 0 Å². The minimum absolute atomic E-state index is 0.166. The van der Waals surface area contributed by atoms with Crippen LogP contribution >= 0.6 is 0 Å². The van der Waals surface area contributed by atoms with Crippen molar-refractivity contribution in [2.24, 2.45) is 20.0 Å². The number of anilines is 1. The number of rotatable bonds is 4. The van der Waals surface area contributed by atoms with Gasteiger partial charge < -0.3 is 9.80 Å². The third kappa shape index (κ3) is 4.28. The number of nitrogens with zero attached hydrogens (tertiary/aromatic N) is 6. The highest BCUT2D eigenvalue weighted by atomic mass is 16.2. The summed E-state index contributed by atoms with van der Waals surface area (Å²) in [6.45, 7) is 5.08. The van der Waals surface area contributed by atoms with Crippen molar-refractivity contribution in [3.63, 3.8) is 0 Å². The molecule has 3 heterocycles. The molecule has 5 rings (SSSR count). The smallest absolute Gasteiger partial charge is 0.332 e. The zero-order chi connectivity index (χ0) is 24.7. The fourth-order valence-corrected chi connectivity index (χ4v) is 5.44. The van der Waals surface area contributed by atoms with E-state index in [1.165, 1.54) is 23.6 Å². The number of fused-ring (bicyclic) bond motifs is 1. The number of imidazole rings is 1. The van der Waals surface area contributed by atoms with Crippen LogP contribution in [0.25, 0.3) is 11.2 Å². The highest BCUT2D eigenvalue weighted by Gasteiger charge is 2.30. The van der Waals surface area contributed by atoms with Gasteiger partial charge in [0.15, 0.2) is 11.2 Å². The van der Waals surface area contributed by atoms with Crippen LogP contribution in [0.2, 0.25) is 0 Å². The Balaban J connectivity index is 1.48. The molecule has 9 nitrogen and oxygen atoms in total. The quantitative estimate of drug-likeness (QED) is 0.573. The van der Waals surface area contributed by atoms with Crippen LogP contribution < -0.4 is 16.1 Å². The normalized spacial score (nSPS) is 17.3. The van der Waals surface area contributed by atoms with Gasteiger partial charge in [-0.3, -0.25) is 23.3 Å². The molecule has 0 spiro atoms. The van der Waals surface area contributed by atoms with E-state index in [-0.39, 0.29) is 17.4 Å². The first-order valence-electron chi connectivity index (χ1n) is 12.6. The van der Waals surface area contributed by atoms with Crippen LogP contribution in [0.1, 0.15) is 43.2 Å². The van der Waals surface area contributed by atoms with Gasteiger partial charge in [0, 0.05) is 46.2 Å². The predicted molar refractivity (Wildman–Crippen MR) is 136 cm³/mol. The molecule has 1 amide bonds. The average Bonchev–Trinajstić information content (AvgIpc) is 3.27. The van der Waals surface area contributed by atoms with E-state index in [9.17, 15) is 14.4 Å². The van der Waals surface area contributed by atoms with Crippen LogP contribution in [0.15, 0.2) is 33.9 Å². The Bertz CT molecular complexity index is 1350. The third-order valence-corrected chi connectivity index (χ3v) is 7.62. The summed E-state index contributed by atoms with van der Waals surface area (Å²) in [6, 6.07) is 8.21. The van der Waals surface area contributed by atoms with Crippen molar-refractivity contribution in [3.8, 4) is 0 Å². The molecule has 35 heavy (non-hydrogen) atoms. The maximum atomic E-state index is 13.2. The van der Waals surface area contributed by atoms with E-state index in [0.717, 1.165) is 35.8 Å². The van der Waals surface area contributed by atoms with Crippen LogP contribution in [-0.4, -0.2) is 55.7 Å². The summed E-state index contributed by atoms with van der Waals surface area (Å²) in [6.07, 6.45) is 5.53. The SMILES string of the molecule is Cc1ccc(Cn2c(N3CCN(C(=O)C4CCCCC4)CC3)nc3c2c(=O)n(C)c(=O)n3C)cc1. The molecule has 1 saturated heterocycles. The Labute approximate surface area is 204 Å². The molecule has 1 saturated carbocycles. The summed E-state index contributed by atoms with van der Waals surface area (Å²) in [7, 11) is 3.15. The fraction of sp³-hybridized carbons (Fsp3) is 0.538. The number of piperazine rings is 1. The van der Waals surface area contributed by atoms with E-state index in [2.05, 4.69) is 29.2 Å². The summed E-state index contributed by atoms with van der Waals surface area (Å²) in [5.74, 6) is 1.12. The largest absolute Gasteiger partial charge is 0.339 e. The maximum Gasteiger partial charge on any atom is 0.332 e. The number of amides is 1. The van der Waals surface area contributed by atoms with Crippen molar-refractivity contribution in [1.82, 2.24) is 23.6 Å². The summed E-state index contributed by atoms with van der Waals surface area (Å²) in [5.41, 5.74) is 2.29. The van der Waals surface area contributed by atoms with Crippen LogP contribution in [-0.2, 0) is 25.4 Å². The van der Waals surface area contributed by atoms with Crippen LogP contribution in [0.5, 0.6) is 0 Å². The molecule has 1 aliphatic carbocycles. The monoisotopic (exact) mass is 478 g/mol. The lowest BCUT2D eigenvalue weighted by atomic mass is 9.88. The first-order valence-corrected chi connectivity index (χ1v) is 12.6. The zero-order valence-electron chi connectivity index (χ0n) is 20.9. The molecule has 1 aromatic carbocycles. The first-order chi connectivity index (χ1) is 16.8. The molecule has 9 heteroatoms. The molecule has 0 radical (unpaired) electrons. The van der Waals surface area contributed by atoms with Gasteiger partial charge in [-0.25, -0.2) is 4.79 Å². The first kappa shape index (κ1) is 23.4. The molecule has 0 unspecified atom stereocenters. The number of carbonyl (C=O) groups excluding carboxylic acids is 1. The molecule has 0 N–H and O–H groups in total. The molecule has 2 aliphatic rings. The number of hydrogen-bond acceptors (Lipinski definition) is 5. The topological polar surface area (TPSA) is 85.4 Å². The Kier molecular flexibility index (Phi) is 6.25. The molecule has 0 atom stereocenters. The van der Waals surface area contributed by atoms with E-state index in [1.807, 2.05) is 16.4 Å². The van der Waals surface area contributed by atoms with E-state index < -0.39 is 5.69 Å². The molecule has 0 bridgehead atoms. The summed E-state index contributed by atoms with van der Waals surface area (Å²) >= 11 is 0. The standard InChI is InChI=1S/C26H34N6O3/c1-18-9-11-19(12-10-18)17-32-21-22(28(2)26(35)29(3)24(21)34)27-25(32)31-15-13-30(14-16-31)23(33)20-7-5-4-6-8-20/h9-12,20H,4-8,13-17H2,1-3H3. The van der Waals surface area contributed by atoms with Crippen molar-refractivity contribution >= 4 is 23.0 Å². The molecular formula is C26H34N6O3. The Morgan fingerprint density at radius 2 is 1.60 bits per heavy atom. The fourth-order valence-electron chi connectivity index (χ4n) is 5.44. The van der Waals surface area contributed by atoms with E-state index in [1.54, 1.807) is 7.05 Å². The van der Waals surface area contributed by atoms with Crippen molar-refractivity contribution in [2.45, 2.75) is 45.6 Å². The highest BCUT2D eigenvalue weighted by molar-refractivity contribution is 5.79. The lowest BCUT2D eigenvalue weighted by Crippen LogP contribution is -2.51. The van der Waals surface area contributed by atoms with Gasteiger partial charge in [0.25, 0.3) is 5.56 Å². The van der Waals surface area contributed by atoms with Crippen LogP contribution in [0, 0.1) is 12.8 Å². The van der Waals surface area contributed by atoms with Gasteiger partial charge in [-0.2, -0.15) is 4.98 Å². The number of benzene rings is 1. The lowest BCUT2D eigenvalue weighted by Gasteiger charge is -2.37. The van der Waals surface area contributed by atoms with Crippen molar-refractivity contribution in [1.29, 1.82) is 0 Å². The molecular weight excluding hydrogens is 444 g/mol. The Hall–Kier alpha value is -3.36. The van der Waals surface area contributed by atoms with E-state index in [0.29, 0.717) is 49.8 Å². The minimum Gasteiger partial charge on any atom is -0.339 e. The second-order valence-corrected chi connectivity index (χ2v) is 10.0. The molecule has 2 fully saturated rings. The van der Waals surface area contributed by atoms with Crippen molar-refractivity contribution < 1.29 is 4.79 Å². The average molecular weight is 479 g/mol. The molecule has 1 aliphatic heterocycles. The lowest BCUT2D eigenvalue weighted by molar-refractivity contribution is -0.136. The molecule has 3 aromatic rings. The highest BCUT2D eigenvalue weighted by Crippen LogP contribution is 2.27. The maximum absolute atomic E-state index is 13.2. The number of aryl methyl sites for hydroxylation is 2. The van der Waals surface area contributed by atoms with Gasteiger partial charge in [0.05, 0.1) is 6.54 Å². The Morgan fingerprint density at radius 3 is 2.26 bits per heavy atom. The predicted octanol–water partition coefficient (Wildman–Crippen LogP) is 2.02. The minimum atomic E-state index is -0.392. The van der Waals surface area contributed by atoms with Crippen LogP contribution in [0.3, 0.4) is 0 Å². The summed E-state index contributed by atoms with van der Waals surface area (Å²) in [4.78, 5) is 47.8. The van der Waals surface area contributed by atoms with Crippen molar-refractivity contribution in [2.75, 3.05) is 31.1 Å². The van der Waals surface area contributed by atoms with E-state index in [4.69, 9.17) is 4.98 Å². The number of aromatic nitrogens is 4. The molecule has 2 aromatic heterocycles. The third-order valence-electron chi connectivity index (χ3n) is 7.62. The van der Waals surface area contributed by atoms with Gasteiger partial charge >= 0.3 is 5.69 Å². The van der Waals surface area contributed by atoms with Gasteiger partial charge in [0.2, 0.25) is 11.9 Å². The van der Waals surface area contributed by atoms with Gasteiger partial charge in [-0.05, 0) is 25.3 Å². The molecule has 186 valence electrons. The van der Waals surface area contributed by atoms with Crippen molar-refractivity contribution in [3.05, 3.63) is 56.2 Å². The van der Waals surface area contributed by atoms with E-state index >= 15 is 0 Å². The van der Waals surface area contributed by atoms with Gasteiger partial charge in [-0.1, -0.05) is 49.1 Å². The zero-order valence-corrected chi connectivity index (χ0v) is 20.9. The number of carbonyl (C=O) groups is 1. The second kappa shape index (κ2) is 9.36. The summed E-state index contributed by atoms with van der Waals surface area (Å²) < 4.78 is 4.51. The van der Waals surface area contributed by atoms with Gasteiger partial charge in [-0.15, -0.1) is 0 Å². The second-order valence-electron chi connectivity index (χ2n) is 10.0. The number of hydrogen-bond donors (Lipinski definition) is 0.